The van der Waals surface area contributed by atoms with E-state index in [-0.39, 0.29) is 11.9 Å². The van der Waals surface area contributed by atoms with Crippen LogP contribution in [0.5, 0.6) is 0 Å². The summed E-state index contributed by atoms with van der Waals surface area (Å²) in [6.45, 7) is 2.41. The fourth-order valence-electron chi connectivity index (χ4n) is 1.36. The third-order valence-electron chi connectivity index (χ3n) is 2.16. The molecule has 1 aliphatic rings. The summed E-state index contributed by atoms with van der Waals surface area (Å²) in [7, 11) is 0. The Bertz CT molecular complexity index is 309. The lowest BCUT2D eigenvalue weighted by atomic mass is 10.2. The maximum Gasteiger partial charge on any atom is 0.239 e. The van der Waals surface area contributed by atoms with Crippen molar-refractivity contribution >= 4 is 17.2 Å². The second-order valence-electron chi connectivity index (χ2n) is 3.27. The number of thiazole rings is 1. The summed E-state index contributed by atoms with van der Waals surface area (Å²) in [5.41, 5.74) is 1.75. The molecule has 82 valence electrons. The van der Waals surface area contributed by atoms with E-state index in [1.54, 1.807) is 11.7 Å². The van der Waals surface area contributed by atoms with Gasteiger partial charge in [-0.05, 0) is 0 Å². The van der Waals surface area contributed by atoms with Crippen LogP contribution >= 0.6 is 11.3 Å². The molecule has 0 radical (unpaired) electrons. The molecule has 1 aromatic heterocycles. The third kappa shape index (κ3) is 2.98. The van der Waals surface area contributed by atoms with E-state index in [9.17, 15) is 4.79 Å². The van der Waals surface area contributed by atoms with Crippen LogP contribution in [0.15, 0.2) is 11.7 Å². The van der Waals surface area contributed by atoms with Gasteiger partial charge >= 0.3 is 0 Å². The van der Waals surface area contributed by atoms with Gasteiger partial charge in [-0.3, -0.25) is 9.78 Å². The van der Waals surface area contributed by atoms with Crippen LogP contribution in [0.3, 0.4) is 0 Å². The highest BCUT2D eigenvalue weighted by atomic mass is 32.1. The zero-order valence-corrected chi connectivity index (χ0v) is 9.05. The Balaban J connectivity index is 1.76. The lowest BCUT2D eigenvalue weighted by Gasteiger charge is -2.22. The van der Waals surface area contributed by atoms with Crippen LogP contribution in [0.1, 0.15) is 4.88 Å². The van der Waals surface area contributed by atoms with Crippen molar-refractivity contribution in [3.63, 3.8) is 0 Å². The van der Waals surface area contributed by atoms with Gasteiger partial charge in [0, 0.05) is 17.6 Å². The van der Waals surface area contributed by atoms with Gasteiger partial charge in [0.2, 0.25) is 5.91 Å². The lowest BCUT2D eigenvalue weighted by molar-refractivity contribution is -0.126. The number of nitrogens with zero attached hydrogens (tertiary/aromatic N) is 1. The normalized spacial score (nSPS) is 21.2. The summed E-state index contributed by atoms with van der Waals surface area (Å²) in [6, 6.07) is -0.216. The minimum Gasteiger partial charge on any atom is -0.378 e. The zero-order chi connectivity index (χ0) is 10.5. The average molecular weight is 227 g/mol. The fourth-order valence-corrected chi connectivity index (χ4v) is 1.90. The molecule has 0 aliphatic carbocycles. The first-order chi connectivity index (χ1) is 7.36. The van der Waals surface area contributed by atoms with Gasteiger partial charge in [-0.25, -0.2) is 0 Å². The number of morpholine rings is 1. The number of ether oxygens (including phenoxy) is 1. The van der Waals surface area contributed by atoms with E-state index >= 15 is 0 Å². The van der Waals surface area contributed by atoms with Crippen LogP contribution in [-0.2, 0) is 16.1 Å². The summed E-state index contributed by atoms with van der Waals surface area (Å²) >= 11 is 1.53. The minimum atomic E-state index is -0.216. The standard InChI is InChI=1S/C9H13N3O2S/c13-9(8-5-14-2-1-11-8)12-4-7-3-10-6-15-7/h3,6,8,11H,1-2,4-5H2,(H,12,13). The second-order valence-corrected chi connectivity index (χ2v) is 4.24. The number of rotatable bonds is 3. The van der Waals surface area contributed by atoms with E-state index in [2.05, 4.69) is 15.6 Å². The molecule has 2 heterocycles. The molecule has 1 aliphatic heterocycles. The van der Waals surface area contributed by atoms with Crippen LogP contribution in [0, 0.1) is 0 Å². The van der Waals surface area contributed by atoms with Crippen LogP contribution in [0.2, 0.25) is 0 Å². The highest BCUT2D eigenvalue weighted by Gasteiger charge is 2.20. The van der Waals surface area contributed by atoms with E-state index in [0.29, 0.717) is 19.8 Å². The van der Waals surface area contributed by atoms with Gasteiger partial charge in [-0.15, -0.1) is 11.3 Å². The Morgan fingerprint density at radius 1 is 1.80 bits per heavy atom. The molecule has 1 amide bonds. The molecule has 6 heteroatoms. The fraction of sp³-hybridized carbons (Fsp3) is 0.556. The Kier molecular flexibility index (Phi) is 3.65. The van der Waals surface area contributed by atoms with Crippen molar-refractivity contribution in [2.45, 2.75) is 12.6 Å². The first-order valence-electron chi connectivity index (χ1n) is 4.82. The molecule has 0 bridgehead atoms. The van der Waals surface area contributed by atoms with Crippen molar-refractivity contribution in [3.05, 3.63) is 16.6 Å². The number of hydrogen-bond donors (Lipinski definition) is 2. The molecule has 15 heavy (non-hydrogen) atoms. The third-order valence-corrected chi connectivity index (χ3v) is 2.94. The molecular formula is C9H13N3O2S. The Labute approximate surface area is 91.9 Å². The van der Waals surface area contributed by atoms with Crippen molar-refractivity contribution in [3.8, 4) is 0 Å². The largest absolute Gasteiger partial charge is 0.378 e. The quantitative estimate of drug-likeness (QED) is 0.747. The number of aromatic nitrogens is 1. The van der Waals surface area contributed by atoms with Crippen molar-refractivity contribution in [1.29, 1.82) is 0 Å². The molecule has 2 N–H and O–H groups in total. The van der Waals surface area contributed by atoms with Crippen molar-refractivity contribution in [1.82, 2.24) is 15.6 Å². The number of amides is 1. The minimum absolute atomic E-state index is 0.0110. The summed E-state index contributed by atoms with van der Waals surface area (Å²) < 4.78 is 5.21. The molecule has 1 fully saturated rings. The first-order valence-corrected chi connectivity index (χ1v) is 5.70. The van der Waals surface area contributed by atoms with Gasteiger partial charge in [0.25, 0.3) is 0 Å². The molecule has 0 saturated carbocycles. The van der Waals surface area contributed by atoms with Crippen molar-refractivity contribution in [2.75, 3.05) is 19.8 Å². The van der Waals surface area contributed by atoms with E-state index in [1.165, 1.54) is 11.3 Å². The topological polar surface area (TPSA) is 63.2 Å². The molecule has 0 aromatic carbocycles. The van der Waals surface area contributed by atoms with Crippen LogP contribution in [0.4, 0.5) is 0 Å². The number of carbonyl (C=O) groups is 1. The highest BCUT2D eigenvalue weighted by Crippen LogP contribution is 2.04. The van der Waals surface area contributed by atoms with Crippen molar-refractivity contribution in [2.24, 2.45) is 0 Å². The monoisotopic (exact) mass is 227 g/mol. The smallest absolute Gasteiger partial charge is 0.239 e. The second kappa shape index (κ2) is 5.20. The average Bonchev–Trinajstić information content (AvgIpc) is 2.80. The van der Waals surface area contributed by atoms with E-state index in [1.807, 2.05) is 0 Å². The molecule has 1 aromatic rings. The summed E-state index contributed by atoms with van der Waals surface area (Å²) in [5, 5.41) is 5.94. The molecule has 0 spiro atoms. The predicted molar refractivity (Wildman–Crippen MR) is 56.6 cm³/mol. The summed E-state index contributed by atoms with van der Waals surface area (Å²) in [5.74, 6) is -0.0110. The maximum absolute atomic E-state index is 11.6. The molecule has 5 nitrogen and oxygen atoms in total. The van der Waals surface area contributed by atoms with Crippen LogP contribution in [0.25, 0.3) is 0 Å². The van der Waals surface area contributed by atoms with E-state index in [4.69, 9.17) is 4.74 Å². The molecule has 1 unspecified atom stereocenters. The van der Waals surface area contributed by atoms with Gasteiger partial charge < -0.3 is 15.4 Å². The zero-order valence-electron chi connectivity index (χ0n) is 8.23. The Morgan fingerprint density at radius 3 is 3.40 bits per heavy atom. The summed E-state index contributed by atoms with van der Waals surface area (Å²) in [4.78, 5) is 16.6. The number of hydrogen-bond acceptors (Lipinski definition) is 5. The first kappa shape index (κ1) is 10.5. The predicted octanol–water partition coefficient (Wildman–Crippen LogP) is -0.252. The van der Waals surface area contributed by atoms with E-state index in [0.717, 1.165) is 11.4 Å². The van der Waals surface area contributed by atoms with Crippen LogP contribution < -0.4 is 10.6 Å². The molecular weight excluding hydrogens is 214 g/mol. The number of carbonyl (C=O) groups excluding carboxylic acids is 1. The van der Waals surface area contributed by atoms with Crippen molar-refractivity contribution < 1.29 is 9.53 Å². The SMILES string of the molecule is O=C(NCc1cncs1)C1COCCN1. The van der Waals surface area contributed by atoms with Gasteiger partial charge in [0.15, 0.2) is 0 Å². The van der Waals surface area contributed by atoms with Gasteiger partial charge in [-0.2, -0.15) is 0 Å². The lowest BCUT2D eigenvalue weighted by Crippen LogP contribution is -2.50. The Hall–Kier alpha value is -0.980. The van der Waals surface area contributed by atoms with E-state index < -0.39 is 0 Å². The number of nitrogens with one attached hydrogen (secondary N) is 2. The van der Waals surface area contributed by atoms with Crippen LogP contribution in [-0.4, -0.2) is 36.7 Å². The van der Waals surface area contributed by atoms with Gasteiger partial charge in [0.05, 0.1) is 25.3 Å². The molecule has 1 saturated heterocycles. The summed E-state index contributed by atoms with van der Waals surface area (Å²) in [6.07, 6.45) is 1.76. The van der Waals surface area contributed by atoms with Gasteiger partial charge in [0.1, 0.15) is 6.04 Å². The molecule has 2 rings (SSSR count). The molecule has 1 atom stereocenters. The van der Waals surface area contributed by atoms with Gasteiger partial charge in [-0.1, -0.05) is 0 Å². The highest BCUT2D eigenvalue weighted by molar-refractivity contribution is 7.09. The maximum atomic E-state index is 11.6. The Morgan fingerprint density at radius 2 is 2.73 bits per heavy atom.